The molecule has 7 heteroatoms. The lowest BCUT2D eigenvalue weighted by Gasteiger charge is -2.22. The molecular formula is C9H16F3NO3. The zero-order valence-electron chi connectivity index (χ0n) is 9.26. The van der Waals surface area contributed by atoms with Crippen molar-refractivity contribution in [2.75, 3.05) is 19.8 Å². The van der Waals surface area contributed by atoms with E-state index in [2.05, 4.69) is 9.47 Å². The van der Waals surface area contributed by atoms with Crippen molar-refractivity contribution in [2.45, 2.75) is 32.0 Å². The second-order valence-corrected chi connectivity index (χ2v) is 3.56. The molecule has 0 radical (unpaired) electrons. The molecule has 0 heterocycles. The van der Waals surface area contributed by atoms with Crippen LogP contribution in [0.4, 0.5) is 13.2 Å². The first-order chi connectivity index (χ1) is 7.19. The molecule has 0 rings (SSSR count). The molecule has 2 N–H and O–H groups in total. The van der Waals surface area contributed by atoms with E-state index in [9.17, 15) is 18.0 Å². The highest BCUT2D eigenvalue weighted by atomic mass is 19.4. The van der Waals surface area contributed by atoms with Crippen molar-refractivity contribution in [1.82, 2.24) is 0 Å². The first-order valence-corrected chi connectivity index (χ1v) is 4.79. The highest BCUT2D eigenvalue weighted by Crippen LogP contribution is 2.15. The molecule has 0 bridgehead atoms. The largest absolute Gasteiger partial charge is 0.465 e. The summed E-state index contributed by atoms with van der Waals surface area (Å²) < 4.78 is 44.1. The van der Waals surface area contributed by atoms with Gasteiger partial charge in [-0.3, -0.25) is 4.79 Å². The summed E-state index contributed by atoms with van der Waals surface area (Å²) in [4.78, 5) is 11.2. The van der Waals surface area contributed by atoms with Crippen LogP contribution in [0.25, 0.3) is 0 Å². The molecule has 0 aromatic heterocycles. The van der Waals surface area contributed by atoms with Crippen molar-refractivity contribution >= 4 is 5.97 Å². The predicted octanol–water partition coefficient (Wildman–Crippen LogP) is 1.24. The van der Waals surface area contributed by atoms with Crippen LogP contribution in [0.3, 0.4) is 0 Å². The van der Waals surface area contributed by atoms with Crippen LogP contribution in [0, 0.1) is 0 Å². The van der Waals surface area contributed by atoms with E-state index in [-0.39, 0.29) is 19.6 Å². The minimum absolute atomic E-state index is 0.0259. The molecule has 0 aromatic carbocycles. The number of halogens is 3. The van der Waals surface area contributed by atoms with Gasteiger partial charge in [0.15, 0.2) is 0 Å². The van der Waals surface area contributed by atoms with Gasteiger partial charge in [-0.25, -0.2) is 0 Å². The minimum Gasteiger partial charge on any atom is -0.465 e. The number of carbonyl (C=O) groups is 1. The number of hydrogen-bond donors (Lipinski definition) is 1. The smallest absolute Gasteiger partial charge is 0.411 e. The lowest BCUT2D eigenvalue weighted by molar-refractivity contribution is -0.175. The van der Waals surface area contributed by atoms with E-state index in [1.165, 1.54) is 6.92 Å². The van der Waals surface area contributed by atoms with Gasteiger partial charge in [-0.15, -0.1) is 0 Å². The van der Waals surface area contributed by atoms with Crippen molar-refractivity contribution in [2.24, 2.45) is 5.73 Å². The average molecular weight is 243 g/mol. The first-order valence-electron chi connectivity index (χ1n) is 4.79. The maximum absolute atomic E-state index is 11.7. The molecule has 0 aliphatic rings. The molecule has 1 atom stereocenters. The lowest BCUT2D eigenvalue weighted by atomic mass is 10.0. The molecule has 1 unspecified atom stereocenters. The number of hydrogen-bond acceptors (Lipinski definition) is 4. The van der Waals surface area contributed by atoms with Gasteiger partial charge in [0.1, 0.15) is 12.1 Å². The van der Waals surface area contributed by atoms with Crippen molar-refractivity contribution < 1.29 is 27.4 Å². The molecule has 0 aliphatic heterocycles. The summed E-state index contributed by atoms with van der Waals surface area (Å²) in [7, 11) is 0. The van der Waals surface area contributed by atoms with E-state index in [0.29, 0.717) is 0 Å². The third kappa shape index (κ3) is 6.62. The summed E-state index contributed by atoms with van der Waals surface area (Å²) in [5.74, 6) is -0.648. The highest BCUT2D eigenvalue weighted by molar-refractivity contribution is 5.79. The predicted molar refractivity (Wildman–Crippen MR) is 50.7 cm³/mol. The maximum atomic E-state index is 11.7. The molecule has 4 nitrogen and oxygen atoms in total. The zero-order chi connectivity index (χ0) is 12.8. The third-order valence-electron chi connectivity index (χ3n) is 1.77. The number of esters is 1. The fourth-order valence-electron chi connectivity index (χ4n) is 0.870. The maximum Gasteiger partial charge on any atom is 0.411 e. The summed E-state index contributed by atoms with van der Waals surface area (Å²) in [5.41, 5.74) is 4.24. The fraction of sp³-hybridized carbons (Fsp3) is 0.889. The van der Waals surface area contributed by atoms with E-state index in [1.54, 1.807) is 6.92 Å². The fourth-order valence-corrected chi connectivity index (χ4v) is 0.870. The third-order valence-corrected chi connectivity index (χ3v) is 1.77. The van der Waals surface area contributed by atoms with Gasteiger partial charge in [-0.1, -0.05) is 0 Å². The molecule has 16 heavy (non-hydrogen) atoms. The molecule has 0 saturated heterocycles. The number of rotatable bonds is 6. The highest BCUT2D eigenvalue weighted by Gasteiger charge is 2.31. The Kier molecular flexibility index (Phi) is 5.74. The SMILES string of the molecule is CCOC(=O)C(C)(N)CCOCC(F)(F)F. The standard InChI is InChI=1S/C9H16F3NO3/c1-3-16-7(14)8(2,13)4-5-15-6-9(10,11)12/h3-6,13H2,1-2H3. The Hall–Kier alpha value is -0.820. The summed E-state index contributed by atoms with van der Waals surface area (Å²) in [6.45, 7) is 1.60. The Balaban J connectivity index is 3.87. The van der Waals surface area contributed by atoms with Crippen molar-refractivity contribution in [1.29, 1.82) is 0 Å². The van der Waals surface area contributed by atoms with Gasteiger partial charge in [0.25, 0.3) is 0 Å². The quantitative estimate of drug-likeness (QED) is 0.563. The monoisotopic (exact) mass is 243 g/mol. The normalized spacial score (nSPS) is 15.6. The number of carbonyl (C=O) groups excluding carboxylic acids is 1. The second-order valence-electron chi connectivity index (χ2n) is 3.56. The summed E-state index contributed by atoms with van der Waals surface area (Å²) in [5, 5.41) is 0. The van der Waals surface area contributed by atoms with Gasteiger partial charge in [0.2, 0.25) is 0 Å². The Labute approximate surface area is 91.9 Å². The topological polar surface area (TPSA) is 61.5 Å². The van der Waals surface area contributed by atoms with E-state index in [0.717, 1.165) is 0 Å². The van der Waals surface area contributed by atoms with Gasteiger partial charge in [0, 0.05) is 6.61 Å². The van der Waals surface area contributed by atoms with Gasteiger partial charge in [-0.05, 0) is 20.3 Å². The number of alkyl halides is 3. The molecule has 0 fully saturated rings. The van der Waals surface area contributed by atoms with Crippen LogP contribution in [0.15, 0.2) is 0 Å². The van der Waals surface area contributed by atoms with E-state index >= 15 is 0 Å². The van der Waals surface area contributed by atoms with Gasteiger partial charge < -0.3 is 15.2 Å². The second kappa shape index (κ2) is 6.05. The van der Waals surface area contributed by atoms with Crippen LogP contribution >= 0.6 is 0 Å². The van der Waals surface area contributed by atoms with Crippen LogP contribution in [-0.4, -0.2) is 37.5 Å². The van der Waals surface area contributed by atoms with Crippen LogP contribution in [0.1, 0.15) is 20.3 Å². The van der Waals surface area contributed by atoms with Crippen LogP contribution in [-0.2, 0) is 14.3 Å². The van der Waals surface area contributed by atoms with Crippen molar-refractivity contribution in [3.63, 3.8) is 0 Å². The summed E-state index contributed by atoms with van der Waals surface area (Å²) in [6.07, 6.45) is -4.39. The lowest BCUT2D eigenvalue weighted by Crippen LogP contribution is -2.47. The zero-order valence-corrected chi connectivity index (χ0v) is 9.26. The molecule has 0 spiro atoms. The average Bonchev–Trinajstić information content (AvgIpc) is 2.11. The summed E-state index contributed by atoms with van der Waals surface area (Å²) in [6, 6.07) is 0. The van der Waals surface area contributed by atoms with Crippen molar-refractivity contribution in [3.05, 3.63) is 0 Å². The van der Waals surface area contributed by atoms with Gasteiger partial charge in [-0.2, -0.15) is 13.2 Å². The van der Waals surface area contributed by atoms with Gasteiger partial charge in [0.05, 0.1) is 6.61 Å². The molecule has 96 valence electrons. The van der Waals surface area contributed by atoms with Gasteiger partial charge >= 0.3 is 12.1 Å². The van der Waals surface area contributed by atoms with Crippen LogP contribution in [0.2, 0.25) is 0 Å². The number of ether oxygens (including phenoxy) is 2. The Morgan fingerprint density at radius 1 is 1.38 bits per heavy atom. The number of nitrogens with two attached hydrogens (primary N) is 1. The molecule has 0 amide bonds. The molecule has 0 saturated carbocycles. The summed E-state index contributed by atoms with van der Waals surface area (Å²) >= 11 is 0. The molecule has 0 aromatic rings. The van der Waals surface area contributed by atoms with E-state index < -0.39 is 24.3 Å². The Morgan fingerprint density at radius 2 is 1.94 bits per heavy atom. The minimum atomic E-state index is -4.37. The Bertz CT molecular complexity index is 229. The van der Waals surface area contributed by atoms with Crippen LogP contribution < -0.4 is 5.73 Å². The molecular weight excluding hydrogens is 227 g/mol. The molecule has 0 aliphatic carbocycles. The van der Waals surface area contributed by atoms with Crippen molar-refractivity contribution in [3.8, 4) is 0 Å². The Morgan fingerprint density at radius 3 is 2.38 bits per heavy atom. The first kappa shape index (κ1) is 15.2. The van der Waals surface area contributed by atoms with Crippen LogP contribution in [0.5, 0.6) is 0 Å². The van der Waals surface area contributed by atoms with E-state index in [4.69, 9.17) is 5.73 Å². The van der Waals surface area contributed by atoms with E-state index in [1.807, 2.05) is 0 Å².